The van der Waals surface area contributed by atoms with Gasteiger partial charge in [0, 0.05) is 12.1 Å². The molecule has 2 nitrogen and oxygen atoms in total. The summed E-state index contributed by atoms with van der Waals surface area (Å²) in [6.07, 6.45) is 4.84. The molecule has 136 valence electrons. The second kappa shape index (κ2) is 7.51. The fourth-order valence-electron chi connectivity index (χ4n) is 3.92. The highest BCUT2D eigenvalue weighted by Gasteiger charge is 2.21. The molecule has 1 aliphatic rings. The summed E-state index contributed by atoms with van der Waals surface area (Å²) < 4.78 is 0. The quantitative estimate of drug-likeness (QED) is 0.680. The minimum absolute atomic E-state index is 0.647. The van der Waals surface area contributed by atoms with Crippen LogP contribution >= 0.6 is 0 Å². The molecule has 4 rings (SSSR count). The molecule has 0 aromatic heterocycles. The molecule has 0 spiro atoms. The van der Waals surface area contributed by atoms with Gasteiger partial charge in [0.05, 0.1) is 0 Å². The molecule has 1 unspecified atom stereocenters. The van der Waals surface area contributed by atoms with Crippen LogP contribution in [0.2, 0.25) is 0 Å². The van der Waals surface area contributed by atoms with Crippen LogP contribution in [0.4, 0.5) is 0 Å². The van der Waals surface area contributed by atoms with E-state index in [0.29, 0.717) is 0 Å². The molecule has 0 radical (unpaired) electrons. The van der Waals surface area contributed by atoms with E-state index in [1.807, 2.05) is 42.5 Å². The van der Waals surface area contributed by atoms with Gasteiger partial charge < -0.3 is 10.0 Å². The maximum Gasteiger partial charge on any atom is 0.105 e. The molecule has 2 heteroatoms. The number of likely N-dealkylation sites (N-methyl/N-ethyl adjacent to an activating group) is 1. The van der Waals surface area contributed by atoms with Crippen molar-refractivity contribution in [3.8, 4) is 0 Å². The minimum atomic E-state index is -0.647. The summed E-state index contributed by atoms with van der Waals surface area (Å²) in [4.78, 5) is 2.19. The molecular weight excluding hydrogens is 330 g/mol. The van der Waals surface area contributed by atoms with Gasteiger partial charge >= 0.3 is 0 Å². The third kappa shape index (κ3) is 3.59. The van der Waals surface area contributed by atoms with Gasteiger partial charge in [0.25, 0.3) is 0 Å². The highest BCUT2D eigenvalue weighted by Crippen LogP contribution is 2.38. The molecular formula is C25H25NO. The molecule has 0 aliphatic heterocycles. The lowest BCUT2D eigenvalue weighted by Crippen LogP contribution is -2.13. The molecule has 1 aliphatic carbocycles. The predicted molar refractivity (Wildman–Crippen MR) is 114 cm³/mol. The lowest BCUT2D eigenvalue weighted by molar-refractivity contribution is 0.221. The molecule has 3 aromatic carbocycles. The Morgan fingerprint density at radius 1 is 0.926 bits per heavy atom. The third-order valence-electron chi connectivity index (χ3n) is 5.15. The lowest BCUT2D eigenvalue weighted by atomic mass is 9.88. The number of fused-ring (bicyclic) bond motifs is 1. The van der Waals surface area contributed by atoms with E-state index in [9.17, 15) is 5.11 Å². The van der Waals surface area contributed by atoms with E-state index in [-0.39, 0.29) is 0 Å². The fourth-order valence-corrected chi connectivity index (χ4v) is 3.92. The summed E-state index contributed by atoms with van der Waals surface area (Å²) in [5.74, 6) is 0. The van der Waals surface area contributed by atoms with Crippen LogP contribution in [0.15, 0.2) is 84.5 Å². The Labute approximate surface area is 161 Å². The van der Waals surface area contributed by atoms with Gasteiger partial charge in [-0.3, -0.25) is 0 Å². The first-order valence-corrected chi connectivity index (χ1v) is 9.43. The zero-order valence-corrected chi connectivity index (χ0v) is 15.9. The van der Waals surface area contributed by atoms with Crippen molar-refractivity contribution in [2.75, 3.05) is 20.6 Å². The van der Waals surface area contributed by atoms with Crippen LogP contribution in [0.25, 0.3) is 16.3 Å². The topological polar surface area (TPSA) is 23.5 Å². The Morgan fingerprint density at radius 2 is 1.67 bits per heavy atom. The Morgan fingerprint density at radius 3 is 2.44 bits per heavy atom. The molecule has 27 heavy (non-hydrogen) atoms. The Balaban J connectivity index is 1.84. The van der Waals surface area contributed by atoms with Crippen LogP contribution in [0, 0.1) is 0 Å². The van der Waals surface area contributed by atoms with Gasteiger partial charge in [-0.25, -0.2) is 0 Å². The van der Waals surface area contributed by atoms with Crippen molar-refractivity contribution in [3.05, 3.63) is 101 Å². The molecule has 1 N–H and O–H groups in total. The Bertz CT molecular complexity index is 1010. The average Bonchev–Trinajstić information content (AvgIpc) is 3.14. The van der Waals surface area contributed by atoms with Gasteiger partial charge in [-0.1, -0.05) is 78.9 Å². The maximum absolute atomic E-state index is 11.3. The second-order valence-corrected chi connectivity index (χ2v) is 7.45. The van der Waals surface area contributed by atoms with E-state index in [2.05, 4.69) is 55.4 Å². The van der Waals surface area contributed by atoms with Gasteiger partial charge in [0.1, 0.15) is 6.10 Å². The number of rotatable bonds is 5. The number of nitrogens with zero attached hydrogens (tertiary/aromatic N) is 1. The van der Waals surface area contributed by atoms with Crippen molar-refractivity contribution in [2.24, 2.45) is 0 Å². The minimum Gasteiger partial charge on any atom is -0.384 e. The number of aliphatic hydroxyl groups excluding tert-OH is 1. The van der Waals surface area contributed by atoms with Gasteiger partial charge in [0.15, 0.2) is 0 Å². The van der Waals surface area contributed by atoms with E-state index in [0.717, 1.165) is 40.4 Å². The zero-order valence-electron chi connectivity index (χ0n) is 15.9. The molecule has 0 fully saturated rings. The van der Waals surface area contributed by atoms with Crippen LogP contribution in [0.3, 0.4) is 0 Å². The van der Waals surface area contributed by atoms with Crippen LogP contribution in [-0.4, -0.2) is 30.6 Å². The van der Waals surface area contributed by atoms with Gasteiger partial charge in [0.2, 0.25) is 0 Å². The highest BCUT2D eigenvalue weighted by molar-refractivity contribution is 5.92. The van der Waals surface area contributed by atoms with Crippen LogP contribution in [-0.2, 0) is 0 Å². The summed E-state index contributed by atoms with van der Waals surface area (Å²) in [5, 5.41) is 13.6. The van der Waals surface area contributed by atoms with Crippen molar-refractivity contribution >= 4 is 16.3 Å². The van der Waals surface area contributed by atoms with Crippen molar-refractivity contribution in [1.29, 1.82) is 0 Å². The number of hydrogen-bond donors (Lipinski definition) is 1. The number of aliphatic hydroxyl groups is 1. The van der Waals surface area contributed by atoms with E-state index in [4.69, 9.17) is 0 Å². The smallest absolute Gasteiger partial charge is 0.105 e. The summed E-state index contributed by atoms with van der Waals surface area (Å²) >= 11 is 0. The van der Waals surface area contributed by atoms with Crippen LogP contribution in [0.5, 0.6) is 0 Å². The monoisotopic (exact) mass is 355 g/mol. The first kappa shape index (κ1) is 17.7. The summed E-state index contributed by atoms with van der Waals surface area (Å²) in [7, 11) is 4.18. The van der Waals surface area contributed by atoms with Gasteiger partial charge in [-0.05, 0) is 53.6 Å². The molecule has 0 heterocycles. The first-order valence-electron chi connectivity index (χ1n) is 9.43. The van der Waals surface area contributed by atoms with Gasteiger partial charge in [-0.15, -0.1) is 0 Å². The largest absolute Gasteiger partial charge is 0.384 e. The second-order valence-electron chi connectivity index (χ2n) is 7.45. The molecule has 0 amide bonds. The number of benzene rings is 3. The maximum atomic E-state index is 11.3. The van der Waals surface area contributed by atoms with Crippen LogP contribution < -0.4 is 0 Å². The Hall–Kier alpha value is -2.68. The van der Waals surface area contributed by atoms with E-state index >= 15 is 0 Å². The summed E-state index contributed by atoms with van der Waals surface area (Å²) in [6, 6.07) is 22.6. The fraction of sp³-hybridized carbons (Fsp3) is 0.200. The van der Waals surface area contributed by atoms with Crippen molar-refractivity contribution in [1.82, 2.24) is 4.90 Å². The molecule has 1 atom stereocenters. The molecule has 0 bridgehead atoms. The van der Waals surface area contributed by atoms with E-state index in [1.54, 1.807) is 0 Å². The van der Waals surface area contributed by atoms with Crippen molar-refractivity contribution in [2.45, 2.75) is 12.5 Å². The zero-order chi connectivity index (χ0) is 18.8. The van der Waals surface area contributed by atoms with Crippen molar-refractivity contribution < 1.29 is 5.11 Å². The standard InChI is InChI=1S/C25H25NO/c1-26(2)17-18-12-13-21(16-18)23-15-14-19-8-6-7-11-22(19)24(23)25(27)20-9-4-3-5-10-20/h3-12,14-16,25,27H,13,17H2,1-2H3. The highest BCUT2D eigenvalue weighted by atomic mass is 16.3. The molecule has 3 aromatic rings. The third-order valence-corrected chi connectivity index (χ3v) is 5.15. The number of allylic oxidation sites excluding steroid dienone is 2. The molecule has 0 saturated carbocycles. The summed E-state index contributed by atoms with van der Waals surface area (Å²) in [5.41, 5.74) is 5.70. The Kier molecular flexibility index (Phi) is 4.93. The normalized spacial score (nSPS) is 15.1. The lowest BCUT2D eigenvalue weighted by Gasteiger charge is -2.20. The SMILES string of the molecule is CN(C)CC1=CCC(c2ccc3ccccc3c2C(O)c2ccccc2)=C1. The van der Waals surface area contributed by atoms with Crippen molar-refractivity contribution in [3.63, 3.8) is 0 Å². The van der Waals surface area contributed by atoms with Crippen LogP contribution in [0.1, 0.15) is 29.2 Å². The first-order chi connectivity index (χ1) is 13.1. The van der Waals surface area contributed by atoms with E-state index in [1.165, 1.54) is 11.1 Å². The van der Waals surface area contributed by atoms with E-state index < -0.39 is 6.10 Å². The molecule has 0 saturated heterocycles. The number of hydrogen-bond acceptors (Lipinski definition) is 2. The predicted octanol–water partition coefficient (Wildman–Crippen LogP) is 5.20. The van der Waals surface area contributed by atoms with Gasteiger partial charge in [-0.2, -0.15) is 0 Å². The average molecular weight is 355 g/mol. The summed E-state index contributed by atoms with van der Waals surface area (Å²) in [6.45, 7) is 0.938.